The Balaban J connectivity index is 1.81. The predicted molar refractivity (Wildman–Crippen MR) is 155 cm³/mol. The number of benzene rings is 1. The van der Waals surface area contributed by atoms with Gasteiger partial charge in [-0.15, -0.1) is 0 Å². The van der Waals surface area contributed by atoms with E-state index in [9.17, 15) is 14.9 Å². The zero-order chi connectivity index (χ0) is 26.5. The molecule has 4 rings (SSSR count). The Labute approximate surface area is 228 Å². The third-order valence-electron chi connectivity index (χ3n) is 7.03. The molecule has 37 heavy (non-hydrogen) atoms. The predicted octanol–water partition coefficient (Wildman–Crippen LogP) is 4.37. The maximum Gasteiger partial charge on any atom is 0.270 e. The number of thiocarbonyl (C=S) groups is 1. The van der Waals surface area contributed by atoms with E-state index in [4.69, 9.17) is 12.2 Å². The maximum absolute atomic E-state index is 13.5. The molecule has 1 aromatic heterocycles. The molecule has 2 fully saturated rings. The van der Waals surface area contributed by atoms with Crippen LogP contribution >= 0.6 is 24.0 Å². The fourth-order valence-electron chi connectivity index (χ4n) is 4.82. The number of amides is 1. The molecule has 0 N–H and O–H groups in total. The molecule has 0 aliphatic carbocycles. The van der Waals surface area contributed by atoms with Crippen molar-refractivity contribution in [2.45, 2.75) is 46.7 Å². The van der Waals surface area contributed by atoms with Crippen LogP contribution in [-0.4, -0.2) is 57.3 Å². The van der Waals surface area contributed by atoms with Crippen molar-refractivity contribution in [3.8, 4) is 6.07 Å². The average molecular weight is 536 g/mol. The van der Waals surface area contributed by atoms with Crippen molar-refractivity contribution in [1.29, 1.82) is 5.26 Å². The van der Waals surface area contributed by atoms with E-state index in [1.165, 1.54) is 11.8 Å². The second kappa shape index (κ2) is 12.1. The van der Waals surface area contributed by atoms with E-state index >= 15 is 0 Å². The number of hydrogen-bond donors (Lipinski definition) is 0. The third-order valence-corrected chi connectivity index (χ3v) is 8.41. The van der Waals surface area contributed by atoms with Crippen molar-refractivity contribution < 1.29 is 4.79 Å². The Kier molecular flexibility index (Phi) is 8.85. The molecule has 2 aliphatic heterocycles. The van der Waals surface area contributed by atoms with Gasteiger partial charge < -0.3 is 9.80 Å². The van der Waals surface area contributed by atoms with E-state index in [2.05, 4.69) is 29.7 Å². The summed E-state index contributed by atoms with van der Waals surface area (Å²) in [6.45, 7) is 11.3. The van der Waals surface area contributed by atoms with Crippen molar-refractivity contribution >= 4 is 46.1 Å². The molecule has 194 valence electrons. The van der Waals surface area contributed by atoms with Gasteiger partial charge in [-0.1, -0.05) is 74.6 Å². The quantitative estimate of drug-likeness (QED) is 0.367. The van der Waals surface area contributed by atoms with Gasteiger partial charge in [0.25, 0.3) is 11.5 Å². The number of pyridine rings is 1. The van der Waals surface area contributed by atoms with E-state index in [-0.39, 0.29) is 17.0 Å². The van der Waals surface area contributed by atoms with Crippen LogP contribution in [0.3, 0.4) is 0 Å². The van der Waals surface area contributed by atoms with Crippen LogP contribution in [0.2, 0.25) is 0 Å². The monoisotopic (exact) mass is 535 g/mol. The summed E-state index contributed by atoms with van der Waals surface area (Å²) in [6.07, 6.45) is 3.61. The smallest absolute Gasteiger partial charge is 0.270 e. The van der Waals surface area contributed by atoms with Gasteiger partial charge in [-0.2, -0.15) is 5.26 Å². The first-order chi connectivity index (χ1) is 17.9. The summed E-state index contributed by atoms with van der Waals surface area (Å²) in [4.78, 5) is 33.7. The van der Waals surface area contributed by atoms with Gasteiger partial charge >= 0.3 is 0 Å². The largest absolute Gasteiger partial charge is 0.355 e. The highest BCUT2D eigenvalue weighted by atomic mass is 32.2. The molecule has 0 spiro atoms. The second-order valence-corrected chi connectivity index (χ2v) is 11.0. The lowest BCUT2D eigenvalue weighted by atomic mass is 10.0. The summed E-state index contributed by atoms with van der Waals surface area (Å²) < 4.78 is 2.27. The summed E-state index contributed by atoms with van der Waals surface area (Å²) in [5, 5.41) is 9.90. The van der Waals surface area contributed by atoms with Crippen LogP contribution in [0.15, 0.2) is 40.0 Å². The van der Waals surface area contributed by atoms with Crippen LogP contribution in [0.5, 0.6) is 0 Å². The molecule has 0 bridgehead atoms. The first kappa shape index (κ1) is 27.1. The topological polar surface area (TPSA) is 72.6 Å². The molecule has 7 nitrogen and oxygen atoms in total. The van der Waals surface area contributed by atoms with Gasteiger partial charge in [0.2, 0.25) is 0 Å². The minimum Gasteiger partial charge on any atom is -0.355 e. The van der Waals surface area contributed by atoms with Crippen LogP contribution in [-0.2, 0) is 17.9 Å². The number of anilines is 1. The van der Waals surface area contributed by atoms with E-state index in [1.807, 2.05) is 43.3 Å². The number of rotatable bonds is 8. The maximum atomic E-state index is 13.5. The lowest BCUT2D eigenvalue weighted by Gasteiger charge is -2.37. The highest BCUT2D eigenvalue weighted by Crippen LogP contribution is 2.36. The first-order valence-corrected chi connectivity index (χ1v) is 14.1. The van der Waals surface area contributed by atoms with Crippen LogP contribution in [0, 0.1) is 18.3 Å². The van der Waals surface area contributed by atoms with Crippen molar-refractivity contribution in [1.82, 2.24) is 14.4 Å². The number of nitrogens with zero attached hydrogens (tertiary/aromatic N) is 5. The molecule has 3 heterocycles. The van der Waals surface area contributed by atoms with Crippen LogP contribution in [0.25, 0.3) is 6.08 Å². The summed E-state index contributed by atoms with van der Waals surface area (Å²) in [5.74, 6) is 0.656. The summed E-state index contributed by atoms with van der Waals surface area (Å²) in [5.41, 5.74) is 2.26. The summed E-state index contributed by atoms with van der Waals surface area (Å²) in [7, 11) is 0. The molecule has 0 atom stereocenters. The highest BCUT2D eigenvalue weighted by Gasteiger charge is 2.33. The number of hydrogen-bond acceptors (Lipinski definition) is 7. The minimum absolute atomic E-state index is 0.137. The molecule has 9 heteroatoms. The van der Waals surface area contributed by atoms with Gasteiger partial charge in [-0.25, -0.2) is 0 Å². The Morgan fingerprint density at radius 3 is 2.43 bits per heavy atom. The van der Waals surface area contributed by atoms with Gasteiger partial charge in [0.05, 0.1) is 11.4 Å². The van der Waals surface area contributed by atoms with E-state index in [1.54, 1.807) is 9.47 Å². The highest BCUT2D eigenvalue weighted by molar-refractivity contribution is 8.26. The van der Waals surface area contributed by atoms with E-state index in [0.717, 1.165) is 62.5 Å². The average Bonchev–Trinajstić information content (AvgIpc) is 3.17. The molecule has 1 aromatic carbocycles. The number of thioether (sulfide) groups is 1. The zero-order valence-electron chi connectivity index (χ0n) is 21.7. The number of unbranched alkanes of at least 4 members (excludes halogenated alkanes) is 1. The zero-order valence-corrected chi connectivity index (χ0v) is 23.3. The summed E-state index contributed by atoms with van der Waals surface area (Å²) in [6, 6.07) is 11.9. The summed E-state index contributed by atoms with van der Waals surface area (Å²) >= 11 is 6.86. The van der Waals surface area contributed by atoms with E-state index < -0.39 is 0 Å². The molecular weight excluding hydrogens is 502 g/mol. The molecule has 0 unspecified atom stereocenters. The number of carbonyl (C=O) groups is 1. The Bertz CT molecular complexity index is 1300. The molecule has 2 saturated heterocycles. The van der Waals surface area contributed by atoms with E-state index in [0.29, 0.717) is 27.9 Å². The first-order valence-electron chi connectivity index (χ1n) is 12.8. The van der Waals surface area contributed by atoms with Crippen LogP contribution in [0.1, 0.15) is 48.9 Å². The fourth-order valence-corrected chi connectivity index (χ4v) is 6.05. The Hall–Kier alpha value is -2.93. The molecule has 2 aromatic rings. The number of carbonyl (C=O) groups excluding carboxylic acids is 1. The molecular formula is C28H33N5O2S2. The lowest BCUT2D eigenvalue weighted by Crippen LogP contribution is -2.48. The Morgan fingerprint density at radius 2 is 1.81 bits per heavy atom. The molecule has 0 saturated carbocycles. The number of aromatic nitrogens is 1. The van der Waals surface area contributed by atoms with Gasteiger partial charge in [-0.05, 0) is 37.1 Å². The number of piperazine rings is 1. The van der Waals surface area contributed by atoms with Crippen molar-refractivity contribution in [2.75, 3.05) is 37.6 Å². The van der Waals surface area contributed by atoms with Crippen LogP contribution < -0.4 is 10.5 Å². The SMILES string of the molecule is CCCCn1c(N2CCN(CC)CC2)c(C=C2SC(=S)N(Cc3ccccc3)C2=O)c(C)c(C#N)c1=O. The van der Waals surface area contributed by atoms with Gasteiger partial charge in [0.1, 0.15) is 21.8 Å². The molecule has 0 radical (unpaired) electrons. The molecule has 1 amide bonds. The lowest BCUT2D eigenvalue weighted by molar-refractivity contribution is -0.122. The van der Waals surface area contributed by atoms with Gasteiger partial charge in [0.15, 0.2) is 0 Å². The van der Waals surface area contributed by atoms with Crippen molar-refractivity contribution in [3.05, 3.63) is 67.8 Å². The number of nitriles is 1. The normalized spacial score (nSPS) is 17.6. The molecule has 2 aliphatic rings. The Morgan fingerprint density at radius 1 is 1.11 bits per heavy atom. The number of likely N-dealkylation sites (N-methyl/N-ethyl adjacent to an activating group) is 1. The van der Waals surface area contributed by atoms with Crippen LogP contribution in [0.4, 0.5) is 5.82 Å². The van der Waals surface area contributed by atoms with Crippen molar-refractivity contribution in [3.63, 3.8) is 0 Å². The second-order valence-electron chi connectivity index (χ2n) is 9.33. The van der Waals surface area contributed by atoms with Gasteiger partial charge in [0, 0.05) is 38.3 Å². The van der Waals surface area contributed by atoms with Crippen molar-refractivity contribution in [2.24, 2.45) is 0 Å². The fraction of sp³-hybridized carbons (Fsp3) is 0.429. The van der Waals surface area contributed by atoms with Gasteiger partial charge in [-0.3, -0.25) is 19.1 Å². The standard InChI is InChI=1S/C28H33N5O2S2/c1-4-6-12-32-25(31-15-13-30(5-2)14-16-31)22(20(3)23(18-29)26(32)34)17-24-27(35)33(28(36)37-24)19-21-10-8-7-9-11-21/h7-11,17H,4-6,12-16,19H2,1-3H3. The third kappa shape index (κ3) is 5.66. The minimum atomic E-state index is -0.254.